The molecule has 0 bridgehead atoms. The molecular formula is C12H21N. The van der Waals surface area contributed by atoms with Crippen molar-refractivity contribution < 1.29 is 0 Å². The topological polar surface area (TPSA) is 3.24 Å². The first-order valence-corrected chi connectivity index (χ1v) is 5.59. The van der Waals surface area contributed by atoms with Crippen molar-refractivity contribution >= 4 is 0 Å². The molecule has 0 saturated carbocycles. The Labute approximate surface area is 81.8 Å². The highest BCUT2D eigenvalue weighted by Gasteiger charge is 2.37. The molecule has 2 saturated heterocycles. The van der Waals surface area contributed by atoms with Gasteiger partial charge in [-0.2, -0.15) is 0 Å². The molecule has 0 spiro atoms. The predicted molar refractivity (Wildman–Crippen MR) is 56.7 cm³/mol. The van der Waals surface area contributed by atoms with Crippen molar-refractivity contribution in [1.29, 1.82) is 0 Å². The molecule has 74 valence electrons. The van der Waals surface area contributed by atoms with Crippen LogP contribution in [0.5, 0.6) is 0 Å². The van der Waals surface area contributed by atoms with E-state index in [9.17, 15) is 0 Å². The Morgan fingerprint density at radius 3 is 2.92 bits per heavy atom. The summed E-state index contributed by atoms with van der Waals surface area (Å²) in [6.07, 6.45) is 5.49. The maximum atomic E-state index is 4.11. The highest BCUT2D eigenvalue weighted by atomic mass is 15.2. The lowest BCUT2D eigenvalue weighted by Crippen LogP contribution is -2.32. The fourth-order valence-electron chi connectivity index (χ4n) is 2.95. The lowest BCUT2D eigenvalue weighted by molar-refractivity contribution is 0.222. The molecule has 1 heteroatoms. The summed E-state index contributed by atoms with van der Waals surface area (Å²) in [5, 5.41) is 0. The molecule has 13 heavy (non-hydrogen) atoms. The first-order chi connectivity index (χ1) is 6.16. The fraction of sp³-hybridized carbons (Fsp3) is 0.833. The van der Waals surface area contributed by atoms with E-state index in [1.54, 1.807) is 0 Å². The van der Waals surface area contributed by atoms with E-state index in [2.05, 4.69) is 25.3 Å². The summed E-state index contributed by atoms with van der Waals surface area (Å²) in [6.45, 7) is 9.95. The molecule has 0 N–H and O–H groups in total. The Bertz CT molecular complexity index is 207. The van der Waals surface area contributed by atoms with Crippen LogP contribution in [0.25, 0.3) is 0 Å². The van der Waals surface area contributed by atoms with Crippen molar-refractivity contribution in [2.24, 2.45) is 5.92 Å². The molecule has 0 radical (unpaired) electrons. The molecule has 0 aromatic rings. The molecule has 1 nitrogen and oxygen atoms in total. The molecule has 2 atom stereocenters. The molecule has 2 aliphatic rings. The first-order valence-electron chi connectivity index (χ1n) is 5.59. The average molecular weight is 179 g/mol. The van der Waals surface area contributed by atoms with Crippen molar-refractivity contribution in [3.63, 3.8) is 0 Å². The fourth-order valence-corrected chi connectivity index (χ4v) is 2.95. The minimum atomic E-state index is 0.845. The maximum absolute atomic E-state index is 4.11. The molecule has 2 rings (SSSR count). The first kappa shape index (κ1) is 9.26. The highest BCUT2D eigenvalue weighted by molar-refractivity contribution is 5.11. The van der Waals surface area contributed by atoms with E-state index in [0.29, 0.717) is 0 Å². The summed E-state index contributed by atoms with van der Waals surface area (Å²) in [7, 11) is 0. The standard InChI is InChI=1S/C12H21N/c1-9(2)6-11-4-5-12-7-10(3)8-13(11)12/h9,11-12H,3-8H2,1-2H3/t11-,12-/m0/s1. The lowest BCUT2D eigenvalue weighted by Gasteiger charge is -2.24. The van der Waals surface area contributed by atoms with Crippen LogP contribution in [-0.2, 0) is 0 Å². The normalized spacial score (nSPS) is 34.5. The Morgan fingerprint density at radius 2 is 2.23 bits per heavy atom. The zero-order chi connectivity index (χ0) is 9.42. The maximum Gasteiger partial charge on any atom is 0.0196 e. The van der Waals surface area contributed by atoms with Crippen molar-refractivity contribution in [1.82, 2.24) is 4.90 Å². The smallest absolute Gasteiger partial charge is 0.0196 e. The molecule has 0 aromatic carbocycles. The molecule has 2 heterocycles. The van der Waals surface area contributed by atoms with E-state index in [0.717, 1.165) is 18.0 Å². The second kappa shape index (κ2) is 3.45. The van der Waals surface area contributed by atoms with Crippen LogP contribution in [0.15, 0.2) is 12.2 Å². The van der Waals surface area contributed by atoms with Crippen LogP contribution in [0.4, 0.5) is 0 Å². The van der Waals surface area contributed by atoms with E-state index < -0.39 is 0 Å². The van der Waals surface area contributed by atoms with Crippen molar-refractivity contribution in [3.8, 4) is 0 Å². The molecule has 2 aliphatic heterocycles. The van der Waals surface area contributed by atoms with Gasteiger partial charge in [0.05, 0.1) is 0 Å². The summed E-state index contributed by atoms with van der Waals surface area (Å²) in [5.74, 6) is 0.845. The number of hydrogen-bond acceptors (Lipinski definition) is 1. The van der Waals surface area contributed by atoms with Gasteiger partial charge in [0, 0.05) is 18.6 Å². The minimum absolute atomic E-state index is 0.845. The summed E-state index contributed by atoms with van der Waals surface area (Å²) < 4.78 is 0. The van der Waals surface area contributed by atoms with Crippen molar-refractivity contribution in [2.75, 3.05) is 6.54 Å². The lowest BCUT2D eigenvalue weighted by atomic mass is 10.0. The number of nitrogens with zero attached hydrogens (tertiary/aromatic N) is 1. The molecule has 2 fully saturated rings. The molecule has 0 aliphatic carbocycles. The molecule has 0 unspecified atom stereocenters. The summed E-state index contributed by atoms with van der Waals surface area (Å²) in [4.78, 5) is 2.70. The summed E-state index contributed by atoms with van der Waals surface area (Å²) in [5.41, 5.74) is 1.46. The molecule has 0 aromatic heterocycles. The van der Waals surface area contributed by atoms with Crippen LogP contribution in [0.1, 0.15) is 39.5 Å². The number of rotatable bonds is 2. The predicted octanol–water partition coefficient (Wildman–Crippen LogP) is 2.83. The second-order valence-corrected chi connectivity index (χ2v) is 5.14. The Kier molecular flexibility index (Phi) is 2.46. The van der Waals surface area contributed by atoms with Crippen LogP contribution in [0, 0.1) is 5.92 Å². The Balaban J connectivity index is 1.96. The van der Waals surface area contributed by atoms with Crippen LogP contribution < -0.4 is 0 Å². The van der Waals surface area contributed by atoms with Gasteiger partial charge < -0.3 is 0 Å². The second-order valence-electron chi connectivity index (χ2n) is 5.14. The highest BCUT2D eigenvalue weighted by Crippen LogP contribution is 2.36. The quantitative estimate of drug-likeness (QED) is 0.589. The Morgan fingerprint density at radius 1 is 1.46 bits per heavy atom. The number of fused-ring (bicyclic) bond motifs is 1. The van der Waals surface area contributed by atoms with Crippen LogP contribution in [0.3, 0.4) is 0 Å². The van der Waals surface area contributed by atoms with Gasteiger partial charge in [0.2, 0.25) is 0 Å². The zero-order valence-electron chi connectivity index (χ0n) is 8.92. The van der Waals surface area contributed by atoms with E-state index in [-0.39, 0.29) is 0 Å². The van der Waals surface area contributed by atoms with E-state index in [1.165, 1.54) is 37.8 Å². The van der Waals surface area contributed by atoms with Crippen LogP contribution in [0.2, 0.25) is 0 Å². The minimum Gasteiger partial charge on any atom is -0.293 e. The van der Waals surface area contributed by atoms with Crippen molar-refractivity contribution in [3.05, 3.63) is 12.2 Å². The van der Waals surface area contributed by atoms with Crippen LogP contribution >= 0.6 is 0 Å². The van der Waals surface area contributed by atoms with Gasteiger partial charge in [0.1, 0.15) is 0 Å². The van der Waals surface area contributed by atoms with Gasteiger partial charge in [0.25, 0.3) is 0 Å². The summed E-state index contributed by atoms with van der Waals surface area (Å²) in [6, 6.07) is 1.72. The summed E-state index contributed by atoms with van der Waals surface area (Å²) >= 11 is 0. The molecular weight excluding hydrogens is 158 g/mol. The average Bonchev–Trinajstić information content (AvgIpc) is 2.51. The number of hydrogen-bond donors (Lipinski definition) is 0. The van der Waals surface area contributed by atoms with Gasteiger partial charge in [-0.25, -0.2) is 0 Å². The zero-order valence-corrected chi connectivity index (χ0v) is 8.92. The van der Waals surface area contributed by atoms with Crippen molar-refractivity contribution in [2.45, 2.75) is 51.6 Å². The third-order valence-electron chi connectivity index (χ3n) is 3.45. The molecule has 0 amide bonds. The van der Waals surface area contributed by atoms with E-state index >= 15 is 0 Å². The van der Waals surface area contributed by atoms with Gasteiger partial charge in [0.15, 0.2) is 0 Å². The van der Waals surface area contributed by atoms with Gasteiger partial charge in [-0.15, -0.1) is 0 Å². The van der Waals surface area contributed by atoms with Gasteiger partial charge >= 0.3 is 0 Å². The van der Waals surface area contributed by atoms with E-state index in [4.69, 9.17) is 0 Å². The van der Waals surface area contributed by atoms with Gasteiger partial charge in [-0.05, 0) is 31.6 Å². The third-order valence-corrected chi connectivity index (χ3v) is 3.45. The SMILES string of the molecule is C=C1C[C@@H]2CC[C@@H](CC(C)C)N2C1. The largest absolute Gasteiger partial charge is 0.293 e. The third kappa shape index (κ3) is 1.80. The van der Waals surface area contributed by atoms with Crippen LogP contribution in [-0.4, -0.2) is 23.5 Å². The Hall–Kier alpha value is -0.300. The van der Waals surface area contributed by atoms with Gasteiger partial charge in [-0.1, -0.05) is 26.0 Å². The monoisotopic (exact) mass is 179 g/mol. The van der Waals surface area contributed by atoms with Gasteiger partial charge in [-0.3, -0.25) is 4.90 Å². The van der Waals surface area contributed by atoms with E-state index in [1.807, 2.05) is 0 Å².